The van der Waals surface area contributed by atoms with Crippen molar-refractivity contribution in [2.75, 3.05) is 7.11 Å². The molecule has 0 radical (unpaired) electrons. The minimum atomic E-state index is -0.338. The summed E-state index contributed by atoms with van der Waals surface area (Å²) in [7, 11) is 1.36. The molecule has 13 heavy (non-hydrogen) atoms. The first-order chi connectivity index (χ1) is 6.19. The monoisotopic (exact) mass is 182 g/mol. The van der Waals surface area contributed by atoms with Gasteiger partial charge in [0.05, 0.1) is 18.9 Å². The molecule has 1 rings (SSSR count). The van der Waals surface area contributed by atoms with Crippen molar-refractivity contribution in [2.45, 2.75) is 26.3 Å². The second-order valence-electron chi connectivity index (χ2n) is 2.96. The SMILES string of the molecule is CCC(C)n1cc(C(=O)OC)cn1. The Morgan fingerprint density at radius 2 is 2.46 bits per heavy atom. The maximum atomic E-state index is 11.1. The van der Waals surface area contributed by atoms with Crippen molar-refractivity contribution in [3.05, 3.63) is 18.0 Å². The third kappa shape index (κ3) is 2.08. The summed E-state index contributed by atoms with van der Waals surface area (Å²) >= 11 is 0. The molecule has 1 unspecified atom stereocenters. The minimum Gasteiger partial charge on any atom is -0.465 e. The highest BCUT2D eigenvalue weighted by Gasteiger charge is 2.10. The summed E-state index contributed by atoms with van der Waals surface area (Å²) in [6.45, 7) is 4.12. The van der Waals surface area contributed by atoms with E-state index in [1.807, 2.05) is 6.92 Å². The summed E-state index contributed by atoms with van der Waals surface area (Å²) in [6.07, 6.45) is 4.22. The number of hydrogen-bond donors (Lipinski definition) is 0. The molecular weight excluding hydrogens is 168 g/mol. The van der Waals surface area contributed by atoms with Gasteiger partial charge >= 0.3 is 5.97 Å². The van der Waals surface area contributed by atoms with Crippen LogP contribution >= 0.6 is 0 Å². The zero-order valence-corrected chi connectivity index (χ0v) is 8.15. The fraction of sp³-hybridized carbons (Fsp3) is 0.556. The van der Waals surface area contributed by atoms with E-state index >= 15 is 0 Å². The van der Waals surface area contributed by atoms with Gasteiger partial charge in [0.1, 0.15) is 0 Å². The van der Waals surface area contributed by atoms with Crippen LogP contribution < -0.4 is 0 Å². The molecule has 1 atom stereocenters. The zero-order valence-electron chi connectivity index (χ0n) is 8.15. The van der Waals surface area contributed by atoms with Crippen molar-refractivity contribution in [3.8, 4) is 0 Å². The average Bonchev–Trinajstić information content (AvgIpc) is 2.64. The molecule has 0 fully saturated rings. The molecular formula is C9H14N2O2. The molecule has 1 aromatic heterocycles. The Balaban J connectivity index is 2.80. The van der Waals surface area contributed by atoms with Crippen LogP contribution in [0.25, 0.3) is 0 Å². The van der Waals surface area contributed by atoms with Gasteiger partial charge in [0.2, 0.25) is 0 Å². The highest BCUT2D eigenvalue weighted by molar-refractivity contribution is 5.88. The fourth-order valence-electron chi connectivity index (χ4n) is 0.989. The molecule has 0 aromatic carbocycles. The number of hydrogen-bond acceptors (Lipinski definition) is 3. The van der Waals surface area contributed by atoms with E-state index in [0.29, 0.717) is 11.6 Å². The summed E-state index contributed by atoms with van der Waals surface area (Å²) in [5.41, 5.74) is 0.503. The standard InChI is InChI=1S/C9H14N2O2/c1-4-7(2)11-6-8(5-10-11)9(12)13-3/h5-7H,4H2,1-3H3. The van der Waals surface area contributed by atoms with Crippen molar-refractivity contribution in [1.82, 2.24) is 9.78 Å². The van der Waals surface area contributed by atoms with Crippen molar-refractivity contribution in [1.29, 1.82) is 0 Å². The van der Waals surface area contributed by atoms with Crippen LogP contribution in [0.2, 0.25) is 0 Å². The lowest BCUT2D eigenvalue weighted by Gasteiger charge is -2.07. The molecule has 0 aliphatic carbocycles. The van der Waals surface area contributed by atoms with E-state index < -0.39 is 0 Å². The molecule has 4 heteroatoms. The fourth-order valence-corrected chi connectivity index (χ4v) is 0.989. The van der Waals surface area contributed by atoms with E-state index in [2.05, 4.69) is 16.8 Å². The maximum absolute atomic E-state index is 11.1. The summed E-state index contributed by atoms with van der Waals surface area (Å²) in [6, 6.07) is 0.318. The molecule has 1 heterocycles. The molecule has 1 aromatic rings. The summed E-state index contributed by atoms with van der Waals surface area (Å²) in [4.78, 5) is 11.1. The predicted octanol–water partition coefficient (Wildman–Crippen LogP) is 1.64. The van der Waals surface area contributed by atoms with E-state index in [1.165, 1.54) is 13.3 Å². The Morgan fingerprint density at radius 1 is 1.77 bits per heavy atom. The lowest BCUT2D eigenvalue weighted by Crippen LogP contribution is -2.04. The number of nitrogens with zero attached hydrogens (tertiary/aromatic N) is 2. The van der Waals surface area contributed by atoms with Gasteiger partial charge < -0.3 is 4.74 Å². The molecule has 72 valence electrons. The van der Waals surface area contributed by atoms with Gasteiger partial charge in [-0.25, -0.2) is 4.79 Å². The summed E-state index contributed by atoms with van der Waals surface area (Å²) in [5.74, 6) is -0.338. The van der Waals surface area contributed by atoms with Crippen LogP contribution in [0, 0.1) is 0 Å². The Bertz CT molecular complexity index is 294. The number of rotatable bonds is 3. The number of carbonyl (C=O) groups excluding carboxylic acids is 1. The lowest BCUT2D eigenvalue weighted by molar-refractivity contribution is 0.0600. The van der Waals surface area contributed by atoms with E-state index in [-0.39, 0.29) is 5.97 Å². The highest BCUT2D eigenvalue weighted by atomic mass is 16.5. The van der Waals surface area contributed by atoms with E-state index in [1.54, 1.807) is 10.9 Å². The van der Waals surface area contributed by atoms with Crippen LogP contribution in [-0.4, -0.2) is 22.9 Å². The van der Waals surface area contributed by atoms with Crippen LogP contribution in [-0.2, 0) is 4.74 Å². The number of esters is 1. The average molecular weight is 182 g/mol. The molecule has 0 saturated heterocycles. The summed E-state index contributed by atoms with van der Waals surface area (Å²) in [5, 5.41) is 4.07. The van der Waals surface area contributed by atoms with Gasteiger partial charge in [-0.1, -0.05) is 6.92 Å². The first-order valence-electron chi connectivity index (χ1n) is 4.31. The molecule has 0 spiro atoms. The second kappa shape index (κ2) is 4.07. The second-order valence-corrected chi connectivity index (χ2v) is 2.96. The molecule has 0 N–H and O–H groups in total. The van der Waals surface area contributed by atoms with Crippen LogP contribution in [0.3, 0.4) is 0 Å². The molecule has 0 saturated carbocycles. The van der Waals surface area contributed by atoms with Gasteiger partial charge in [-0.3, -0.25) is 4.68 Å². The minimum absolute atomic E-state index is 0.318. The largest absolute Gasteiger partial charge is 0.465 e. The first-order valence-corrected chi connectivity index (χ1v) is 4.31. The molecule has 4 nitrogen and oxygen atoms in total. The molecule has 0 aliphatic heterocycles. The highest BCUT2D eigenvalue weighted by Crippen LogP contribution is 2.10. The number of ether oxygens (including phenoxy) is 1. The van der Waals surface area contributed by atoms with Crippen molar-refractivity contribution in [2.24, 2.45) is 0 Å². The maximum Gasteiger partial charge on any atom is 0.341 e. The van der Waals surface area contributed by atoms with Crippen LogP contribution in [0.5, 0.6) is 0 Å². The molecule has 0 bridgehead atoms. The van der Waals surface area contributed by atoms with E-state index in [9.17, 15) is 4.79 Å². The Hall–Kier alpha value is -1.32. The van der Waals surface area contributed by atoms with Gasteiger partial charge in [-0.2, -0.15) is 5.10 Å². The quantitative estimate of drug-likeness (QED) is 0.667. The van der Waals surface area contributed by atoms with Crippen molar-refractivity contribution < 1.29 is 9.53 Å². The number of aromatic nitrogens is 2. The number of methoxy groups -OCH3 is 1. The normalized spacial score (nSPS) is 12.5. The first kappa shape index (κ1) is 9.77. The Labute approximate surface area is 77.5 Å². The third-order valence-electron chi connectivity index (χ3n) is 2.07. The zero-order chi connectivity index (χ0) is 9.84. The van der Waals surface area contributed by atoms with Gasteiger partial charge in [0, 0.05) is 12.2 Å². The van der Waals surface area contributed by atoms with E-state index in [4.69, 9.17) is 0 Å². The molecule has 0 amide bonds. The number of carbonyl (C=O) groups is 1. The summed E-state index contributed by atoms with van der Waals surface area (Å²) < 4.78 is 6.34. The van der Waals surface area contributed by atoms with Gasteiger partial charge in [0.25, 0.3) is 0 Å². The van der Waals surface area contributed by atoms with Crippen LogP contribution in [0.1, 0.15) is 36.7 Å². The third-order valence-corrected chi connectivity index (χ3v) is 2.07. The van der Waals surface area contributed by atoms with Crippen LogP contribution in [0.4, 0.5) is 0 Å². The van der Waals surface area contributed by atoms with Crippen molar-refractivity contribution >= 4 is 5.97 Å². The van der Waals surface area contributed by atoms with Gasteiger partial charge in [0.15, 0.2) is 0 Å². The van der Waals surface area contributed by atoms with E-state index in [0.717, 1.165) is 6.42 Å². The van der Waals surface area contributed by atoms with Gasteiger partial charge in [-0.15, -0.1) is 0 Å². The Morgan fingerprint density at radius 3 is 3.00 bits per heavy atom. The molecule has 0 aliphatic rings. The topological polar surface area (TPSA) is 44.1 Å². The van der Waals surface area contributed by atoms with Crippen molar-refractivity contribution in [3.63, 3.8) is 0 Å². The smallest absolute Gasteiger partial charge is 0.341 e. The predicted molar refractivity (Wildman–Crippen MR) is 48.6 cm³/mol. The Kier molecular flexibility index (Phi) is 3.06. The lowest BCUT2D eigenvalue weighted by atomic mass is 10.3. The van der Waals surface area contributed by atoms with Gasteiger partial charge in [-0.05, 0) is 13.3 Å². The van der Waals surface area contributed by atoms with Crippen LogP contribution in [0.15, 0.2) is 12.4 Å².